The van der Waals surface area contributed by atoms with Gasteiger partial charge in [-0.2, -0.15) is 0 Å². The van der Waals surface area contributed by atoms with E-state index in [0.717, 1.165) is 50.0 Å². The number of carbonyl (C=O) groups excluding carboxylic acids is 1. The smallest absolute Gasteiger partial charge is 0.341 e. The van der Waals surface area contributed by atoms with Gasteiger partial charge in [-0.25, -0.2) is 19.2 Å². The van der Waals surface area contributed by atoms with Gasteiger partial charge in [0.2, 0.25) is 0 Å². The number of benzene rings is 1. The zero-order chi connectivity index (χ0) is 27.0. The van der Waals surface area contributed by atoms with Crippen LogP contribution in [0, 0.1) is 11.7 Å². The van der Waals surface area contributed by atoms with Crippen LogP contribution < -0.4 is 0 Å². The summed E-state index contributed by atoms with van der Waals surface area (Å²) in [6.07, 6.45) is 25.3. The maximum Gasteiger partial charge on any atom is 0.341 e. The molecule has 0 bridgehead atoms. The molecule has 4 nitrogen and oxygen atoms in total. The Hall–Kier alpha value is -2.30. The summed E-state index contributed by atoms with van der Waals surface area (Å²) in [4.78, 5) is 21.6. The van der Waals surface area contributed by atoms with Gasteiger partial charge < -0.3 is 4.74 Å². The summed E-state index contributed by atoms with van der Waals surface area (Å²) in [5.74, 6) is 0.0664. The molecular weight excluding hydrogens is 475 g/mol. The van der Waals surface area contributed by atoms with E-state index in [4.69, 9.17) is 4.74 Å². The fourth-order valence-electron chi connectivity index (χ4n) is 5.53. The normalized spacial score (nSPS) is 17.4. The van der Waals surface area contributed by atoms with Crippen molar-refractivity contribution in [2.75, 3.05) is 0 Å². The highest BCUT2D eigenvalue weighted by atomic mass is 19.1. The molecule has 1 fully saturated rings. The molecule has 0 spiro atoms. The first-order valence-electron chi connectivity index (χ1n) is 15.4. The molecule has 1 heterocycles. The molecule has 0 radical (unpaired) electrons. The number of ether oxygens (including phenoxy) is 1. The van der Waals surface area contributed by atoms with Crippen molar-refractivity contribution in [3.63, 3.8) is 0 Å². The number of carbonyl (C=O) groups is 1. The Kier molecular flexibility index (Phi) is 13.8. The highest BCUT2D eigenvalue weighted by molar-refractivity contribution is 5.90. The first kappa shape index (κ1) is 30.2. The van der Waals surface area contributed by atoms with E-state index in [0.29, 0.717) is 11.4 Å². The first-order chi connectivity index (χ1) is 18.6. The zero-order valence-electron chi connectivity index (χ0n) is 23.9. The van der Waals surface area contributed by atoms with Gasteiger partial charge in [-0.3, -0.25) is 0 Å². The van der Waals surface area contributed by atoms with Crippen LogP contribution in [0.25, 0.3) is 11.4 Å². The minimum Gasteiger partial charge on any atom is -0.459 e. The quantitative estimate of drug-likeness (QED) is 0.153. The van der Waals surface area contributed by atoms with E-state index in [1.54, 1.807) is 6.07 Å². The van der Waals surface area contributed by atoms with Crippen LogP contribution in [0.5, 0.6) is 0 Å². The van der Waals surface area contributed by atoms with Crippen LogP contribution in [0.2, 0.25) is 0 Å². The van der Waals surface area contributed by atoms with Crippen LogP contribution in [0.1, 0.15) is 139 Å². The predicted octanol–water partition coefficient (Wildman–Crippen LogP) is 9.65. The molecule has 1 aliphatic rings. The highest BCUT2D eigenvalue weighted by Crippen LogP contribution is 2.31. The van der Waals surface area contributed by atoms with Gasteiger partial charge in [0.25, 0.3) is 0 Å². The Balaban J connectivity index is 1.41. The molecule has 0 amide bonds. The molecule has 210 valence electrons. The number of halogens is 1. The van der Waals surface area contributed by atoms with Crippen molar-refractivity contribution >= 4 is 5.97 Å². The average Bonchev–Trinajstić information content (AvgIpc) is 2.93. The van der Waals surface area contributed by atoms with Gasteiger partial charge in [0.05, 0.1) is 5.56 Å². The molecule has 1 aliphatic carbocycles. The van der Waals surface area contributed by atoms with E-state index in [9.17, 15) is 9.18 Å². The SMILES string of the molecule is CCCCCCCCCc1cnc(-c2ccc(C(=O)O[C@H]3CC[C@H](CCCCCCC)CC3)c(F)c2)nc1. The van der Waals surface area contributed by atoms with Crippen molar-refractivity contribution in [3.05, 3.63) is 47.5 Å². The number of esters is 1. The van der Waals surface area contributed by atoms with Crippen LogP contribution in [0.15, 0.2) is 30.6 Å². The number of hydrogen-bond donors (Lipinski definition) is 0. The number of unbranched alkanes of at least 4 members (excludes halogenated alkanes) is 10. The minimum absolute atomic E-state index is 0.0117. The van der Waals surface area contributed by atoms with E-state index in [1.807, 2.05) is 12.4 Å². The van der Waals surface area contributed by atoms with Crippen molar-refractivity contribution < 1.29 is 13.9 Å². The summed E-state index contributed by atoms with van der Waals surface area (Å²) >= 11 is 0. The van der Waals surface area contributed by atoms with Crippen molar-refractivity contribution in [2.24, 2.45) is 5.92 Å². The maximum absolute atomic E-state index is 14.9. The largest absolute Gasteiger partial charge is 0.459 e. The number of nitrogens with zero attached hydrogens (tertiary/aromatic N) is 2. The van der Waals surface area contributed by atoms with Gasteiger partial charge in [0, 0.05) is 18.0 Å². The number of rotatable bonds is 17. The molecule has 1 aromatic heterocycles. The summed E-state index contributed by atoms with van der Waals surface area (Å²) < 4.78 is 20.6. The van der Waals surface area contributed by atoms with E-state index < -0.39 is 11.8 Å². The summed E-state index contributed by atoms with van der Waals surface area (Å²) in [6.45, 7) is 4.48. The third-order valence-electron chi connectivity index (χ3n) is 8.00. The Morgan fingerprint density at radius 1 is 0.842 bits per heavy atom. The van der Waals surface area contributed by atoms with Crippen molar-refractivity contribution in [2.45, 2.75) is 136 Å². The van der Waals surface area contributed by atoms with Gasteiger partial charge in [0.15, 0.2) is 5.82 Å². The minimum atomic E-state index is -0.580. The van der Waals surface area contributed by atoms with E-state index in [2.05, 4.69) is 23.8 Å². The van der Waals surface area contributed by atoms with Gasteiger partial charge in [-0.15, -0.1) is 0 Å². The molecule has 5 heteroatoms. The van der Waals surface area contributed by atoms with Crippen LogP contribution >= 0.6 is 0 Å². The number of hydrogen-bond acceptors (Lipinski definition) is 4. The molecule has 38 heavy (non-hydrogen) atoms. The standard InChI is InChI=1S/C33H49FN2O2/c1-3-5-7-9-10-12-14-16-27-24-35-32(36-25-27)28-19-22-30(31(34)23-28)33(37)38-29-20-17-26(18-21-29)15-13-11-8-6-4-2/h19,22-26,29H,3-18,20-21H2,1-2H3/t26-,29-. The Bertz CT molecular complexity index is 939. The van der Waals surface area contributed by atoms with Crippen LogP contribution in [0.3, 0.4) is 0 Å². The van der Waals surface area contributed by atoms with E-state index in [1.165, 1.54) is 89.2 Å². The van der Waals surface area contributed by atoms with Gasteiger partial charge in [0.1, 0.15) is 11.9 Å². The molecule has 0 saturated heterocycles. The second kappa shape index (κ2) is 17.3. The van der Waals surface area contributed by atoms with Crippen LogP contribution in [-0.2, 0) is 11.2 Å². The van der Waals surface area contributed by atoms with E-state index >= 15 is 0 Å². The van der Waals surface area contributed by atoms with Crippen molar-refractivity contribution in [1.29, 1.82) is 0 Å². The summed E-state index contributed by atoms with van der Waals surface area (Å²) in [7, 11) is 0. The maximum atomic E-state index is 14.9. The summed E-state index contributed by atoms with van der Waals surface area (Å²) in [5, 5.41) is 0. The second-order valence-corrected chi connectivity index (χ2v) is 11.2. The fraction of sp³-hybridized carbons (Fsp3) is 0.667. The average molecular weight is 525 g/mol. The van der Waals surface area contributed by atoms with Crippen LogP contribution in [0.4, 0.5) is 4.39 Å². The van der Waals surface area contributed by atoms with Gasteiger partial charge >= 0.3 is 5.97 Å². The summed E-state index contributed by atoms with van der Waals surface area (Å²) in [6, 6.07) is 4.56. The van der Waals surface area contributed by atoms with Gasteiger partial charge in [-0.05, 0) is 62.1 Å². The summed E-state index contributed by atoms with van der Waals surface area (Å²) in [5.41, 5.74) is 1.66. The Morgan fingerprint density at radius 2 is 1.45 bits per heavy atom. The second-order valence-electron chi connectivity index (χ2n) is 11.2. The fourth-order valence-corrected chi connectivity index (χ4v) is 5.53. The number of aryl methyl sites for hydroxylation is 1. The lowest BCUT2D eigenvalue weighted by molar-refractivity contribution is 0.0156. The lowest BCUT2D eigenvalue weighted by atomic mass is 9.84. The molecule has 1 aromatic carbocycles. The Morgan fingerprint density at radius 3 is 2.08 bits per heavy atom. The molecule has 0 aliphatic heterocycles. The van der Waals surface area contributed by atoms with Crippen molar-refractivity contribution in [1.82, 2.24) is 9.97 Å². The van der Waals surface area contributed by atoms with E-state index in [-0.39, 0.29) is 11.7 Å². The molecular formula is C33H49FN2O2. The third kappa shape index (κ3) is 10.5. The molecule has 0 unspecified atom stereocenters. The molecule has 3 rings (SSSR count). The highest BCUT2D eigenvalue weighted by Gasteiger charge is 2.25. The van der Waals surface area contributed by atoms with Gasteiger partial charge in [-0.1, -0.05) is 97.0 Å². The molecule has 0 N–H and O–H groups in total. The van der Waals surface area contributed by atoms with Crippen LogP contribution in [-0.4, -0.2) is 22.0 Å². The predicted molar refractivity (Wildman–Crippen MR) is 154 cm³/mol. The lowest BCUT2D eigenvalue weighted by Crippen LogP contribution is -2.25. The first-order valence-corrected chi connectivity index (χ1v) is 15.4. The molecule has 0 atom stereocenters. The monoisotopic (exact) mass is 524 g/mol. The molecule has 2 aromatic rings. The van der Waals surface area contributed by atoms with Crippen molar-refractivity contribution in [3.8, 4) is 11.4 Å². The number of aromatic nitrogens is 2. The third-order valence-corrected chi connectivity index (χ3v) is 8.00. The zero-order valence-corrected chi connectivity index (χ0v) is 23.9. The lowest BCUT2D eigenvalue weighted by Gasteiger charge is -2.28. The Labute approximate surface area is 230 Å². The topological polar surface area (TPSA) is 52.1 Å². The molecule has 1 saturated carbocycles.